The third kappa shape index (κ3) is 4.21. The molecule has 0 unspecified atom stereocenters. The average molecular weight is 317 g/mol. The van der Waals surface area contributed by atoms with E-state index in [0.717, 1.165) is 0 Å². The van der Waals surface area contributed by atoms with E-state index in [1.54, 1.807) is 13.8 Å². The summed E-state index contributed by atoms with van der Waals surface area (Å²) < 4.78 is 4.86. The van der Waals surface area contributed by atoms with Gasteiger partial charge in [0.1, 0.15) is 16.4 Å². The molecule has 1 N–H and O–H groups in total. The Morgan fingerprint density at radius 1 is 1.45 bits per heavy atom. The van der Waals surface area contributed by atoms with Gasteiger partial charge in [-0.15, -0.1) is 0 Å². The summed E-state index contributed by atoms with van der Waals surface area (Å²) in [5, 5.41) is 10.5. The van der Waals surface area contributed by atoms with Crippen molar-refractivity contribution in [3.05, 3.63) is 33.6 Å². The molecule has 1 heterocycles. The van der Waals surface area contributed by atoms with E-state index >= 15 is 0 Å². The Balaban J connectivity index is 3.35. The molecule has 0 amide bonds. The summed E-state index contributed by atoms with van der Waals surface area (Å²) in [6.07, 6.45) is 1.23. The number of ether oxygens (including phenoxy) is 1. The summed E-state index contributed by atoms with van der Waals surface area (Å²) >= 11 is 11.7. The summed E-state index contributed by atoms with van der Waals surface area (Å²) in [5.74, 6) is -1.13. The van der Waals surface area contributed by atoms with Crippen LogP contribution < -0.4 is 0 Å². The number of halogens is 2. The molecule has 0 bridgehead atoms. The largest absolute Gasteiger partial charge is 0.505 e. The van der Waals surface area contributed by atoms with E-state index in [1.165, 1.54) is 18.3 Å². The number of aliphatic imine (C=N–C) groups is 1. The lowest BCUT2D eigenvalue weighted by atomic mass is 10.2. The Labute approximate surface area is 126 Å². The maximum absolute atomic E-state index is 11.8. The Morgan fingerprint density at radius 2 is 2.15 bits per heavy atom. The van der Waals surface area contributed by atoms with Gasteiger partial charge in [0.2, 0.25) is 0 Å². The molecular formula is C13H14Cl2N2O3. The maximum Gasteiger partial charge on any atom is 0.343 e. The number of aliphatic hydroxyl groups is 1. The molecule has 1 rings (SSSR count). The van der Waals surface area contributed by atoms with E-state index in [-0.39, 0.29) is 28.0 Å². The number of rotatable bonds is 5. The van der Waals surface area contributed by atoms with Crippen molar-refractivity contribution in [2.75, 3.05) is 13.2 Å². The van der Waals surface area contributed by atoms with Crippen LogP contribution in [0, 0.1) is 0 Å². The third-order valence-electron chi connectivity index (χ3n) is 2.19. The number of hydrogen-bond acceptors (Lipinski definition) is 5. The SMILES string of the molecule is CCN=C/C(C(=O)OCC)=C(/O)c1nc(Cl)ccc1Cl. The molecule has 0 aliphatic rings. The molecule has 0 atom stereocenters. The van der Waals surface area contributed by atoms with Crippen molar-refractivity contribution in [1.82, 2.24) is 4.98 Å². The van der Waals surface area contributed by atoms with Gasteiger partial charge in [0.15, 0.2) is 5.76 Å². The number of aromatic nitrogens is 1. The minimum atomic E-state index is -0.708. The molecule has 0 saturated heterocycles. The van der Waals surface area contributed by atoms with Crippen LogP contribution >= 0.6 is 23.2 Å². The van der Waals surface area contributed by atoms with Crippen molar-refractivity contribution in [2.24, 2.45) is 4.99 Å². The normalized spacial score (nSPS) is 12.4. The third-order valence-corrected chi connectivity index (χ3v) is 2.71. The first-order valence-corrected chi connectivity index (χ1v) is 6.69. The Morgan fingerprint density at radius 3 is 2.75 bits per heavy atom. The molecule has 0 radical (unpaired) electrons. The van der Waals surface area contributed by atoms with Crippen LogP contribution in [0.2, 0.25) is 10.2 Å². The van der Waals surface area contributed by atoms with Crippen LogP contribution in [0.1, 0.15) is 19.5 Å². The summed E-state index contributed by atoms with van der Waals surface area (Å²) in [4.78, 5) is 19.7. The Kier molecular flexibility index (Phi) is 6.48. The molecule has 5 nitrogen and oxygen atoms in total. The molecule has 108 valence electrons. The van der Waals surface area contributed by atoms with Crippen molar-refractivity contribution in [3.8, 4) is 0 Å². The highest BCUT2D eigenvalue weighted by molar-refractivity contribution is 6.33. The number of carbonyl (C=O) groups is 1. The molecule has 0 fully saturated rings. The summed E-state index contributed by atoms with van der Waals surface area (Å²) in [6.45, 7) is 4.08. The number of nitrogens with zero attached hydrogens (tertiary/aromatic N) is 2. The highest BCUT2D eigenvalue weighted by atomic mass is 35.5. The summed E-state index contributed by atoms with van der Waals surface area (Å²) in [7, 11) is 0. The van der Waals surface area contributed by atoms with Crippen molar-refractivity contribution >= 4 is 41.1 Å². The van der Waals surface area contributed by atoms with Crippen molar-refractivity contribution in [2.45, 2.75) is 13.8 Å². The fraction of sp³-hybridized carbons (Fsp3) is 0.308. The van der Waals surface area contributed by atoms with Gasteiger partial charge in [-0.25, -0.2) is 9.78 Å². The standard InChI is InChI=1S/C13H14Cl2N2O3/c1-3-16-7-8(13(19)20-4-2)12(18)11-9(14)5-6-10(15)17-11/h5-7,18H,3-4H2,1-2H3/b12-8-,16-7?. The molecule has 0 aromatic carbocycles. The van der Waals surface area contributed by atoms with Gasteiger partial charge in [-0.05, 0) is 26.0 Å². The minimum Gasteiger partial charge on any atom is -0.505 e. The van der Waals surface area contributed by atoms with Crippen molar-refractivity contribution in [3.63, 3.8) is 0 Å². The topological polar surface area (TPSA) is 71.8 Å². The van der Waals surface area contributed by atoms with Gasteiger partial charge in [-0.1, -0.05) is 23.2 Å². The lowest BCUT2D eigenvalue weighted by Crippen LogP contribution is -2.12. The van der Waals surface area contributed by atoms with E-state index < -0.39 is 11.7 Å². The predicted octanol–water partition coefficient (Wildman–Crippen LogP) is 3.31. The van der Waals surface area contributed by atoms with Crippen molar-refractivity contribution < 1.29 is 14.6 Å². The lowest BCUT2D eigenvalue weighted by molar-refractivity contribution is -0.137. The fourth-order valence-electron chi connectivity index (χ4n) is 1.31. The molecule has 20 heavy (non-hydrogen) atoms. The molecule has 1 aromatic rings. The molecule has 1 aromatic heterocycles. The molecular weight excluding hydrogens is 303 g/mol. The molecule has 0 spiro atoms. The van der Waals surface area contributed by atoms with Gasteiger partial charge in [-0.3, -0.25) is 4.99 Å². The monoisotopic (exact) mass is 316 g/mol. The number of pyridine rings is 1. The second-order valence-electron chi connectivity index (χ2n) is 3.58. The van der Waals surface area contributed by atoms with Crippen LogP contribution in [0.15, 0.2) is 22.7 Å². The van der Waals surface area contributed by atoms with Crippen LogP contribution in [0.4, 0.5) is 0 Å². The van der Waals surface area contributed by atoms with Gasteiger partial charge in [-0.2, -0.15) is 0 Å². The van der Waals surface area contributed by atoms with Gasteiger partial charge < -0.3 is 9.84 Å². The summed E-state index contributed by atoms with van der Waals surface area (Å²) in [6, 6.07) is 2.95. The van der Waals surface area contributed by atoms with Gasteiger partial charge in [0, 0.05) is 12.8 Å². The van der Waals surface area contributed by atoms with Gasteiger partial charge >= 0.3 is 5.97 Å². The van der Waals surface area contributed by atoms with Crippen LogP contribution in [0.3, 0.4) is 0 Å². The van der Waals surface area contributed by atoms with E-state index in [2.05, 4.69) is 9.98 Å². The van der Waals surface area contributed by atoms with E-state index in [1.807, 2.05) is 0 Å². The maximum atomic E-state index is 11.8. The summed E-state index contributed by atoms with van der Waals surface area (Å²) in [5.41, 5.74) is -0.116. The first kappa shape index (κ1) is 16.5. The second-order valence-corrected chi connectivity index (χ2v) is 4.37. The molecule has 0 saturated carbocycles. The fourth-order valence-corrected chi connectivity index (χ4v) is 1.66. The van der Waals surface area contributed by atoms with E-state index in [4.69, 9.17) is 27.9 Å². The zero-order chi connectivity index (χ0) is 15.1. The van der Waals surface area contributed by atoms with E-state index in [9.17, 15) is 9.90 Å². The number of aliphatic hydroxyl groups excluding tert-OH is 1. The smallest absolute Gasteiger partial charge is 0.343 e. The molecule has 0 aliphatic carbocycles. The number of carbonyl (C=O) groups excluding carboxylic acids is 1. The number of hydrogen-bond donors (Lipinski definition) is 1. The lowest BCUT2D eigenvalue weighted by Gasteiger charge is -2.07. The quantitative estimate of drug-likeness (QED) is 0.297. The first-order valence-electron chi connectivity index (χ1n) is 5.93. The van der Waals surface area contributed by atoms with Crippen LogP contribution in [0.25, 0.3) is 5.76 Å². The van der Waals surface area contributed by atoms with Crippen LogP contribution in [0.5, 0.6) is 0 Å². The van der Waals surface area contributed by atoms with E-state index in [0.29, 0.717) is 6.54 Å². The minimum absolute atomic E-state index is 0.00442. The zero-order valence-corrected chi connectivity index (χ0v) is 12.6. The Hall–Kier alpha value is -1.59. The van der Waals surface area contributed by atoms with Crippen LogP contribution in [-0.4, -0.2) is 35.4 Å². The van der Waals surface area contributed by atoms with Crippen molar-refractivity contribution in [1.29, 1.82) is 0 Å². The predicted molar refractivity (Wildman–Crippen MR) is 79.5 cm³/mol. The zero-order valence-electron chi connectivity index (χ0n) is 11.1. The molecule has 0 aliphatic heterocycles. The highest BCUT2D eigenvalue weighted by Crippen LogP contribution is 2.24. The highest BCUT2D eigenvalue weighted by Gasteiger charge is 2.19. The van der Waals surface area contributed by atoms with Crippen LogP contribution in [-0.2, 0) is 9.53 Å². The van der Waals surface area contributed by atoms with Gasteiger partial charge in [0.05, 0.1) is 11.6 Å². The number of esters is 1. The average Bonchev–Trinajstić information content (AvgIpc) is 2.42. The molecule has 7 heteroatoms. The first-order chi connectivity index (χ1) is 9.51. The van der Waals surface area contributed by atoms with Gasteiger partial charge in [0.25, 0.3) is 0 Å². The second kappa shape index (κ2) is 7.87. The Bertz CT molecular complexity index is 557.